The molecule has 0 amide bonds. The first-order chi connectivity index (χ1) is 9.13. The molecule has 0 radical (unpaired) electrons. The molecule has 0 fully saturated rings. The number of nitrogens with one attached hydrogen (secondary N) is 1. The van der Waals surface area contributed by atoms with Gasteiger partial charge in [-0.15, -0.1) is 11.3 Å². The van der Waals surface area contributed by atoms with Crippen molar-refractivity contribution in [3.8, 4) is 6.07 Å². The average Bonchev–Trinajstić information content (AvgIpc) is 3.02. The van der Waals surface area contributed by atoms with Crippen molar-refractivity contribution in [2.45, 2.75) is 32.9 Å². The minimum absolute atomic E-state index is 0.232. The molecule has 0 aromatic carbocycles. The van der Waals surface area contributed by atoms with Crippen molar-refractivity contribution < 1.29 is 0 Å². The lowest BCUT2D eigenvalue weighted by Crippen LogP contribution is -2.17. The first-order valence-corrected chi connectivity index (χ1v) is 7.19. The van der Waals surface area contributed by atoms with Gasteiger partial charge in [0, 0.05) is 30.9 Å². The molecule has 0 aliphatic carbocycles. The number of nitriles is 1. The van der Waals surface area contributed by atoms with E-state index in [1.165, 1.54) is 4.88 Å². The molecule has 2 aromatic rings. The van der Waals surface area contributed by atoms with Gasteiger partial charge in [-0.2, -0.15) is 5.26 Å². The molecule has 0 bridgehead atoms. The van der Waals surface area contributed by atoms with Crippen LogP contribution in [-0.4, -0.2) is 9.55 Å². The summed E-state index contributed by atoms with van der Waals surface area (Å²) in [7, 11) is 1.89. The van der Waals surface area contributed by atoms with Crippen LogP contribution in [0.3, 0.4) is 0 Å². The molecule has 2 aromatic heterocycles. The van der Waals surface area contributed by atoms with Crippen molar-refractivity contribution in [1.82, 2.24) is 14.9 Å². The highest BCUT2D eigenvalue weighted by Crippen LogP contribution is 2.20. The first kappa shape index (κ1) is 13.8. The molecule has 19 heavy (non-hydrogen) atoms. The van der Waals surface area contributed by atoms with E-state index in [-0.39, 0.29) is 6.04 Å². The highest BCUT2D eigenvalue weighted by Gasteiger charge is 2.10. The van der Waals surface area contributed by atoms with Gasteiger partial charge in [0.2, 0.25) is 0 Å². The fraction of sp³-hybridized carbons (Fsp3) is 0.429. The molecule has 2 rings (SSSR count). The standard InChI is InChI=1S/C14H18N4S/c1-4-13-8-17-14(19-13)10(2)16-7-11-5-12(6-15)18(3)9-11/h5,8-10,16H,4,7H2,1-3H3. The number of aromatic nitrogens is 2. The van der Waals surface area contributed by atoms with Gasteiger partial charge in [0.25, 0.3) is 0 Å². The lowest BCUT2D eigenvalue weighted by atomic mass is 10.3. The zero-order valence-corrected chi connectivity index (χ0v) is 12.3. The van der Waals surface area contributed by atoms with E-state index in [2.05, 4.69) is 30.2 Å². The van der Waals surface area contributed by atoms with Gasteiger partial charge in [0.1, 0.15) is 16.8 Å². The third kappa shape index (κ3) is 3.22. The second kappa shape index (κ2) is 6.00. The predicted molar refractivity (Wildman–Crippen MR) is 76.9 cm³/mol. The van der Waals surface area contributed by atoms with E-state index < -0.39 is 0 Å². The summed E-state index contributed by atoms with van der Waals surface area (Å²) in [5, 5.41) is 13.5. The summed E-state index contributed by atoms with van der Waals surface area (Å²) < 4.78 is 1.85. The van der Waals surface area contributed by atoms with Gasteiger partial charge >= 0.3 is 0 Å². The number of thiazole rings is 1. The fourth-order valence-corrected chi connectivity index (χ4v) is 2.77. The number of rotatable bonds is 5. The van der Waals surface area contributed by atoms with E-state index in [9.17, 15) is 0 Å². The van der Waals surface area contributed by atoms with Crippen LogP contribution in [0, 0.1) is 11.3 Å². The van der Waals surface area contributed by atoms with Crippen LogP contribution in [-0.2, 0) is 20.0 Å². The molecule has 4 nitrogen and oxygen atoms in total. The van der Waals surface area contributed by atoms with Gasteiger partial charge in [-0.1, -0.05) is 6.92 Å². The van der Waals surface area contributed by atoms with E-state index in [4.69, 9.17) is 5.26 Å². The molecular weight excluding hydrogens is 256 g/mol. The fourth-order valence-electron chi connectivity index (χ4n) is 1.89. The minimum atomic E-state index is 0.232. The Morgan fingerprint density at radius 2 is 2.37 bits per heavy atom. The molecule has 0 aliphatic heterocycles. The number of aryl methyl sites for hydroxylation is 2. The molecule has 100 valence electrons. The summed E-state index contributed by atoms with van der Waals surface area (Å²) in [6, 6.07) is 4.32. The normalized spacial score (nSPS) is 12.3. The molecular formula is C14H18N4S. The Kier molecular flexibility index (Phi) is 4.35. The lowest BCUT2D eigenvalue weighted by Gasteiger charge is -2.09. The van der Waals surface area contributed by atoms with Gasteiger partial charge in [-0.25, -0.2) is 4.98 Å². The molecule has 1 atom stereocenters. The Hall–Kier alpha value is -1.64. The molecule has 1 N–H and O–H groups in total. The van der Waals surface area contributed by atoms with Gasteiger partial charge in [0.05, 0.1) is 6.04 Å². The highest BCUT2D eigenvalue weighted by atomic mass is 32.1. The molecule has 0 saturated heterocycles. The van der Waals surface area contributed by atoms with Crippen LogP contribution in [0.15, 0.2) is 18.5 Å². The smallest absolute Gasteiger partial charge is 0.120 e. The van der Waals surface area contributed by atoms with Gasteiger partial charge < -0.3 is 9.88 Å². The zero-order valence-electron chi connectivity index (χ0n) is 11.5. The number of hydrogen-bond acceptors (Lipinski definition) is 4. The van der Waals surface area contributed by atoms with E-state index in [1.807, 2.05) is 30.1 Å². The Balaban J connectivity index is 1.96. The van der Waals surface area contributed by atoms with Gasteiger partial charge in [-0.3, -0.25) is 0 Å². The molecule has 0 saturated carbocycles. The maximum Gasteiger partial charge on any atom is 0.120 e. The first-order valence-electron chi connectivity index (χ1n) is 6.37. The molecule has 5 heteroatoms. The van der Waals surface area contributed by atoms with E-state index >= 15 is 0 Å². The van der Waals surface area contributed by atoms with Crippen molar-refractivity contribution in [1.29, 1.82) is 5.26 Å². The zero-order chi connectivity index (χ0) is 13.8. The summed E-state index contributed by atoms with van der Waals surface area (Å²) >= 11 is 1.76. The van der Waals surface area contributed by atoms with Crippen LogP contribution >= 0.6 is 11.3 Å². The summed E-state index contributed by atoms with van der Waals surface area (Å²) in [4.78, 5) is 5.75. The summed E-state index contributed by atoms with van der Waals surface area (Å²) in [6.07, 6.45) is 4.97. The predicted octanol–water partition coefficient (Wildman–Crippen LogP) is 2.77. The molecule has 1 unspecified atom stereocenters. The van der Waals surface area contributed by atoms with E-state index in [1.54, 1.807) is 11.3 Å². The third-order valence-electron chi connectivity index (χ3n) is 3.08. The third-order valence-corrected chi connectivity index (χ3v) is 4.40. The SMILES string of the molecule is CCc1cnc(C(C)NCc2cc(C#N)n(C)c2)s1. The molecule has 0 aliphatic rings. The lowest BCUT2D eigenvalue weighted by molar-refractivity contribution is 0.571. The topological polar surface area (TPSA) is 53.6 Å². The van der Waals surface area contributed by atoms with Crippen molar-refractivity contribution in [2.75, 3.05) is 0 Å². The molecule has 2 heterocycles. The average molecular weight is 274 g/mol. The largest absolute Gasteiger partial charge is 0.342 e. The van der Waals surface area contributed by atoms with E-state index in [0.717, 1.165) is 23.5 Å². The second-order valence-electron chi connectivity index (χ2n) is 4.58. The Morgan fingerprint density at radius 1 is 1.58 bits per heavy atom. The van der Waals surface area contributed by atoms with E-state index in [0.29, 0.717) is 5.69 Å². The Labute approximate surface area is 117 Å². The van der Waals surface area contributed by atoms with Crippen LogP contribution in [0.4, 0.5) is 0 Å². The van der Waals surface area contributed by atoms with Crippen LogP contribution in [0.2, 0.25) is 0 Å². The van der Waals surface area contributed by atoms with Gasteiger partial charge in [0.15, 0.2) is 0 Å². The maximum atomic E-state index is 8.92. The van der Waals surface area contributed by atoms with Crippen molar-refractivity contribution in [3.63, 3.8) is 0 Å². The van der Waals surface area contributed by atoms with Crippen molar-refractivity contribution >= 4 is 11.3 Å². The second-order valence-corrected chi connectivity index (χ2v) is 5.72. The Bertz CT molecular complexity index is 591. The van der Waals surface area contributed by atoms with Crippen molar-refractivity contribution in [3.05, 3.63) is 39.6 Å². The summed E-state index contributed by atoms with van der Waals surface area (Å²) in [5.74, 6) is 0. The van der Waals surface area contributed by atoms with Crippen LogP contribution in [0.5, 0.6) is 0 Å². The quantitative estimate of drug-likeness (QED) is 0.912. The van der Waals surface area contributed by atoms with Gasteiger partial charge in [-0.05, 0) is 25.0 Å². The van der Waals surface area contributed by atoms with Crippen LogP contribution in [0.1, 0.15) is 41.0 Å². The number of hydrogen-bond donors (Lipinski definition) is 1. The number of nitrogens with zero attached hydrogens (tertiary/aromatic N) is 3. The minimum Gasteiger partial charge on any atom is -0.342 e. The van der Waals surface area contributed by atoms with Crippen molar-refractivity contribution in [2.24, 2.45) is 7.05 Å². The van der Waals surface area contributed by atoms with Crippen LogP contribution in [0.25, 0.3) is 0 Å². The molecule has 0 spiro atoms. The highest BCUT2D eigenvalue weighted by molar-refractivity contribution is 7.11. The van der Waals surface area contributed by atoms with Crippen LogP contribution < -0.4 is 5.32 Å². The maximum absolute atomic E-state index is 8.92. The monoisotopic (exact) mass is 274 g/mol. The Morgan fingerprint density at radius 3 is 2.95 bits per heavy atom. The summed E-state index contributed by atoms with van der Waals surface area (Å²) in [5.41, 5.74) is 1.81. The summed E-state index contributed by atoms with van der Waals surface area (Å²) in [6.45, 7) is 5.01.